The highest BCUT2D eigenvalue weighted by Gasteiger charge is 2.14. The number of pyridine rings is 1. The summed E-state index contributed by atoms with van der Waals surface area (Å²) >= 11 is 1.74. The Bertz CT molecular complexity index is 1130. The lowest BCUT2D eigenvalue weighted by Crippen LogP contribution is -2.08. The fourth-order valence-corrected chi connectivity index (χ4v) is 4.24. The summed E-state index contributed by atoms with van der Waals surface area (Å²) in [7, 11) is 3.58. The van der Waals surface area contributed by atoms with Crippen molar-refractivity contribution in [1.82, 2.24) is 20.5 Å². The number of nitrogens with zero attached hydrogens (tertiary/aromatic N) is 3. The predicted molar refractivity (Wildman–Crippen MR) is 118 cm³/mol. The molecule has 3 aromatic heterocycles. The molecule has 1 aromatic carbocycles. The number of anilines is 1. The zero-order valence-corrected chi connectivity index (χ0v) is 17.5. The summed E-state index contributed by atoms with van der Waals surface area (Å²) in [6.45, 7) is 2.98. The Kier molecular flexibility index (Phi) is 5.69. The van der Waals surface area contributed by atoms with E-state index in [-0.39, 0.29) is 6.04 Å². The van der Waals surface area contributed by atoms with Gasteiger partial charge in [0.25, 0.3) is 0 Å². The second kappa shape index (κ2) is 8.55. The Balaban J connectivity index is 1.61. The lowest BCUT2D eigenvalue weighted by molar-refractivity contribution is 0.399. The highest BCUT2D eigenvalue weighted by molar-refractivity contribution is 7.10. The number of rotatable bonds is 7. The molecule has 0 spiro atoms. The van der Waals surface area contributed by atoms with Gasteiger partial charge < -0.3 is 15.4 Å². The highest BCUT2D eigenvalue weighted by Crippen LogP contribution is 2.33. The van der Waals surface area contributed by atoms with Gasteiger partial charge in [0.2, 0.25) is 5.88 Å². The largest absolute Gasteiger partial charge is 0.481 e. The maximum absolute atomic E-state index is 5.26. The Labute approximate surface area is 174 Å². The minimum Gasteiger partial charge on any atom is -0.481 e. The van der Waals surface area contributed by atoms with E-state index in [4.69, 9.17) is 4.74 Å². The Hall–Kier alpha value is -3.03. The molecule has 0 bridgehead atoms. The minimum atomic E-state index is 0.0873. The van der Waals surface area contributed by atoms with E-state index in [2.05, 4.69) is 68.5 Å². The fourth-order valence-electron chi connectivity index (χ4n) is 3.32. The van der Waals surface area contributed by atoms with Crippen LogP contribution in [-0.4, -0.2) is 29.3 Å². The van der Waals surface area contributed by atoms with E-state index in [1.807, 2.05) is 13.1 Å². The van der Waals surface area contributed by atoms with Gasteiger partial charge in [-0.2, -0.15) is 5.10 Å². The minimum absolute atomic E-state index is 0.0873. The summed E-state index contributed by atoms with van der Waals surface area (Å²) in [5.41, 5.74) is 3.79. The first kappa shape index (κ1) is 19.3. The number of methoxy groups -OCH3 is 1. The molecule has 148 valence electrons. The zero-order chi connectivity index (χ0) is 20.2. The summed E-state index contributed by atoms with van der Waals surface area (Å²) in [5, 5.41) is 19.2. The topological polar surface area (TPSA) is 72.0 Å². The Morgan fingerprint density at radius 2 is 2.03 bits per heavy atom. The monoisotopic (exact) mass is 405 g/mol. The van der Waals surface area contributed by atoms with Crippen molar-refractivity contribution in [2.45, 2.75) is 19.5 Å². The van der Waals surface area contributed by atoms with Crippen LogP contribution in [0.25, 0.3) is 21.9 Å². The standard InChI is InChI=1S/C22H23N5OS/c1-14(26-22-19-9-21(28-3)24-11-17(19)12-25-27-22)20-8-16(13-29-20)18-7-5-4-6-15(18)10-23-2/h4-9,11-14,23H,10H2,1-3H3,(H,26,27). The van der Waals surface area contributed by atoms with Crippen LogP contribution in [-0.2, 0) is 6.54 Å². The van der Waals surface area contributed by atoms with E-state index in [0.29, 0.717) is 5.88 Å². The van der Waals surface area contributed by atoms with Gasteiger partial charge in [0.15, 0.2) is 5.82 Å². The molecule has 0 saturated heterocycles. The molecule has 6 nitrogen and oxygen atoms in total. The molecule has 7 heteroatoms. The van der Waals surface area contributed by atoms with Gasteiger partial charge in [-0.3, -0.25) is 0 Å². The van der Waals surface area contributed by atoms with Crippen molar-refractivity contribution < 1.29 is 4.74 Å². The summed E-state index contributed by atoms with van der Waals surface area (Å²) in [6.07, 6.45) is 3.46. The number of fused-ring (bicyclic) bond motifs is 1. The summed E-state index contributed by atoms with van der Waals surface area (Å²) in [4.78, 5) is 5.48. The van der Waals surface area contributed by atoms with Gasteiger partial charge in [0, 0.05) is 34.5 Å². The third-order valence-corrected chi connectivity index (χ3v) is 5.94. The van der Waals surface area contributed by atoms with Gasteiger partial charge in [-0.15, -0.1) is 16.4 Å². The fraction of sp³-hybridized carbons (Fsp3) is 0.227. The molecule has 0 fully saturated rings. The summed E-state index contributed by atoms with van der Waals surface area (Å²) in [5.74, 6) is 1.28. The van der Waals surface area contributed by atoms with Crippen molar-refractivity contribution in [2.75, 3.05) is 19.5 Å². The number of hydrogen-bond acceptors (Lipinski definition) is 7. The van der Waals surface area contributed by atoms with Crippen molar-refractivity contribution >= 4 is 27.9 Å². The van der Waals surface area contributed by atoms with Crippen LogP contribution in [0.15, 0.2) is 54.2 Å². The summed E-state index contributed by atoms with van der Waals surface area (Å²) < 4.78 is 5.26. The average Bonchev–Trinajstić information content (AvgIpc) is 3.24. The molecule has 0 radical (unpaired) electrons. The second-order valence-corrected chi connectivity index (χ2v) is 7.74. The lowest BCUT2D eigenvalue weighted by atomic mass is 10.0. The van der Waals surface area contributed by atoms with Gasteiger partial charge in [-0.1, -0.05) is 24.3 Å². The number of thiophene rings is 1. The van der Waals surface area contributed by atoms with Gasteiger partial charge in [-0.25, -0.2) is 4.98 Å². The molecule has 0 aliphatic heterocycles. The molecule has 29 heavy (non-hydrogen) atoms. The van der Waals surface area contributed by atoms with Gasteiger partial charge in [0.1, 0.15) is 0 Å². The molecule has 4 aromatic rings. The molecular weight excluding hydrogens is 382 g/mol. The normalized spacial score (nSPS) is 12.1. The first-order valence-electron chi connectivity index (χ1n) is 9.43. The first-order chi connectivity index (χ1) is 14.2. The third kappa shape index (κ3) is 4.06. The van der Waals surface area contributed by atoms with Gasteiger partial charge in [-0.05, 0) is 42.1 Å². The van der Waals surface area contributed by atoms with Crippen LogP contribution >= 0.6 is 11.3 Å². The molecule has 1 unspecified atom stereocenters. The number of aromatic nitrogens is 3. The van der Waals surface area contributed by atoms with Crippen molar-refractivity contribution in [3.05, 3.63) is 64.6 Å². The molecule has 2 N–H and O–H groups in total. The van der Waals surface area contributed by atoms with E-state index in [1.165, 1.54) is 21.6 Å². The van der Waals surface area contributed by atoms with Crippen LogP contribution < -0.4 is 15.4 Å². The van der Waals surface area contributed by atoms with Crippen LogP contribution in [0, 0.1) is 0 Å². The molecule has 3 heterocycles. The second-order valence-electron chi connectivity index (χ2n) is 6.80. The van der Waals surface area contributed by atoms with E-state index >= 15 is 0 Å². The predicted octanol–water partition coefficient (Wildman–Crippen LogP) is 4.65. The van der Waals surface area contributed by atoms with Crippen molar-refractivity contribution in [2.24, 2.45) is 0 Å². The van der Waals surface area contributed by atoms with Crippen molar-refractivity contribution in [1.29, 1.82) is 0 Å². The lowest BCUT2D eigenvalue weighted by Gasteiger charge is -2.14. The molecule has 0 saturated carbocycles. The number of hydrogen-bond donors (Lipinski definition) is 2. The van der Waals surface area contributed by atoms with Crippen molar-refractivity contribution in [3.8, 4) is 17.0 Å². The molecular formula is C22H23N5OS. The van der Waals surface area contributed by atoms with Crippen LogP contribution in [0.1, 0.15) is 23.4 Å². The maximum atomic E-state index is 5.26. The summed E-state index contributed by atoms with van der Waals surface area (Å²) in [6, 6.07) is 12.7. The van der Waals surface area contributed by atoms with E-state index in [1.54, 1.807) is 30.8 Å². The number of ether oxygens (including phenoxy) is 1. The number of benzene rings is 1. The molecule has 0 amide bonds. The number of nitrogens with one attached hydrogen (secondary N) is 2. The maximum Gasteiger partial charge on any atom is 0.213 e. The van der Waals surface area contributed by atoms with Crippen LogP contribution in [0.4, 0.5) is 5.82 Å². The molecule has 0 aliphatic carbocycles. The molecule has 4 rings (SSSR count). The van der Waals surface area contributed by atoms with Crippen LogP contribution in [0.3, 0.4) is 0 Å². The quantitative estimate of drug-likeness (QED) is 0.466. The van der Waals surface area contributed by atoms with E-state index in [0.717, 1.165) is 23.1 Å². The van der Waals surface area contributed by atoms with E-state index in [9.17, 15) is 0 Å². The molecule has 1 atom stereocenters. The average molecular weight is 406 g/mol. The Morgan fingerprint density at radius 3 is 2.86 bits per heavy atom. The smallest absolute Gasteiger partial charge is 0.213 e. The van der Waals surface area contributed by atoms with Crippen LogP contribution in [0.2, 0.25) is 0 Å². The van der Waals surface area contributed by atoms with Crippen LogP contribution in [0.5, 0.6) is 5.88 Å². The molecule has 0 aliphatic rings. The zero-order valence-electron chi connectivity index (χ0n) is 16.6. The highest BCUT2D eigenvalue weighted by atomic mass is 32.1. The Morgan fingerprint density at radius 1 is 1.17 bits per heavy atom. The SMILES string of the molecule is CNCc1ccccc1-c1csc(C(C)Nc2nncc3cnc(OC)cc23)c1. The first-order valence-corrected chi connectivity index (χ1v) is 10.3. The van der Waals surface area contributed by atoms with Crippen molar-refractivity contribution in [3.63, 3.8) is 0 Å². The third-order valence-electron chi connectivity index (χ3n) is 4.82. The van der Waals surface area contributed by atoms with Gasteiger partial charge >= 0.3 is 0 Å². The van der Waals surface area contributed by atoms with E-state index < -0.39 is 0 Å². The van der Waals surface area contributed by atoms with Gasteiger partial charge in [0.05, 0.1) is 19.3 Å².